The number of phenols is 1. The van der Waals surface area contributed by atoms with Crippen LogP contribution in [-0.4, -0.2) is 23.0 Å². The summed E-state index contributed by atoms with van der Waals surface area (Å²) in [5, 5.41) is 12.1. The summed E-state index contributed by atoms with van der Waals surface area (Å²) < 4.78 is 0. The molecule has 0 bridgehead atoms. The number of aryl methyl sites for hydroxylation is 1. The third-order valence-corrected chi connectivity index (χ3v) is 5.74. The third-order valence-electron chi connectivity index (χ3n) is 5.74. The maximum atomic E-state index is 13.5. The zero-order chi connectivity index (χ0) is 20.8. The van der Waals surface area contributed by atoms with Crippen LogP contribution in [0, 0.1) is 12.8 Å². The number of phenolic OH excluding ortho intramolecular Hbond substituents is 1. The van der Waals surface area contributed by atoms with E-state index < -0.39 is 24.0 Å². The van der Waals surface area contributed by atoms with Gasteiger partial charge in [0.1, 0.15) is 11.7 Å². The Bertz CT molecular complexity index is 1130. The van der Waals surface area contributed by atoms with Gasteiger partial charge in [0.05, 0.1) is 17.4 Å². The maximum absolute atomic E-state index is 13.5. The topological polar surface area (TPSA) is 70.1 Å². The predicted molar refractivity (Wildman–Crippen MR) is 112 cm³/mol. The van der Waals surface area contributed by atoms with Crippen molar-refractivity contribution < 1.29 is 19.5 Å². The number of imide groups is 1. The minimum absolute atomic E-state index is 0.0577. The first-order chi connectivity index (χ1) is 14.6. The number of para-hydroxylation sites is 3. The second-order valence-electron chi connectivity index (χ2n) is 7.52. The van der Waals surface area contributed by atoms with Crippen molar-refractivity contribution in [3.63, 3.8) is 0 Å². The Labute approximate surface area is 173 Å². The molecular formula is C24H20N2O4. The van der Waals surface area contributed by atoms with Gasteiger partial charge < -0.3 is 5.11 Å². The van der Waals surface area contributed by atoms with Gasteiger partial charge in [-0.25, -0.2) is 9.96 Å². The zero-order valence-corrected chi connectivity index (χ0v) is 16.3. The second-order valence-corrected chi connectivity index (χ2v) is 7.52. The minimum Gasteiger partial charge on any atom is -0.508 e. The molecule has 6 heteroatoms. The molecule has 6 nitrogen and oxygen atoms in total. The van der Waals surface area contributed by atoms with E-state index in [1.54, 1.807) is 41.5 Å². The molecule has 2 heterocycles. The molecule has 2 aliphatic heterocycles. The fourth-order valence-electron chi connectivity index (χ4n) is 4.32. The molecule has 2 amide bonds. The number of rotatable bonds is 3. The van der Waals surface area contributed by atoms with E-state index in [1.165, 1.54) is 4.90 Å². The van der Waals surface area contributed by atoms with Crippen LogP contribution in [0.5, 0.6) is 5.75 Å². The molecule has 5 rings (SSSR count). The molecule has 150 valence electrons. The SMILES string of the molecule is Cc1ccccc1N1C(=O)[C@@H]2[C@@H](ON(c3ccccc3)[C@H]2c2ccccc2O)C1=O. The van der Waals surface area contributed by atoms with Crippen LogP contribution in [-0.2, 0) is 14.4 Å². The number of amides is 2. The van der Waals surface area contributed by atoms with Crippen LogP contribution in [0.2, 0.25) is 0 Å². The number of hydrogen-bond donors (Lipinski definition) is 1. The van der Waals surface area contributed by atoms with Gasteiger partial charge in [-0.1, -0.05) is 54.6 Å². The lowest BCUT2D eigenvalue weighted by Crippen LogP contribution is -2.37. The van der Waals surface area contributed by atoms with Gasteiger partial charge in [-0.2, -0.15) is 0 Å². The van der Waals surface area contributed by atoms with Crippen molar-refractivity contribution in [1.82, 2.24) is 0 Å². The third kappa shape index (κ3) is 2.69. The van der Waals surface area contributed by atoms with Gasteiger partial charge >= 0.3 is 0 Å². The fraction of sp³-hybridized carbons (Fsp3) is 0.167. The first-order valence-electron chi connectivity index (χ1n) is 9.80. The normalized spacial score (nSPS) is 23.2. The average Bonchev–Trinajstić information content (AvgIpc) is 3.26. The Balaban J connectivity index is 1.62. The summed E-state index contributed by atoms with van der Waals surface area (Å²) in [5.41, 5.74) is 2.65. The highest BCUT2D eigenvalue weighted by Gasteiger charge is 2.60. The highest BCUT2D eigenvalue weighted by Crippen LogP contribution is 2.49. The molecule has 0 aromatic heterocycles. The molecule has 3 atom stereocenters. The van der Waals surface area contributed by atoms with Crippen LogP contribution in [0.1, 0.15) is 17.2 Å². The number of carbonyl (C=O) groups is 2. The van der Waals surface area contributed by atoms with E-state index in [2.05, 4.69) is 0 Å². The monoisotopic (exact) mass is 400 g/mol. The number of fused-ring (bicyclic) bond motifs is 1. The molecule has 2 saturated heterocycles. The number of benzene rings is 3. The fourth-order valence-corrected chi connectivity index (χ4v) is 4.32. The molecule has 2 fully saturated rings. The summed E-state index contributed by atoms with van der Waals surface area (Å²) in [7, 11) is 0. The maximum Gasteiger partial charge on any atom is 0.266 e. The molecule has 0 aliphatic carbocycles. The van der Waals surface area contributed by atoms with Gasteiger partial charge in [-0.05, 0) is 36.8 Å². The standard InChI is InChI=1S/C24H20N2O4/c1-15-9-5-7-13-18(15)25-23(28)20-21(17-12-6-8-14-19(17)27)26(30-22(20)24(25)29)16-10-3-2-4-11-16/h2-14,20-22,27H,1H3/t20-,21-,22+/m0/s1. The minimum atomic E-state index is -0.957. The Morgan fingerprint density at radius 1 is 0.833 bits per heavy atom. The van der Waals surface area contributed by atoms with Crippen molar-refractivity contribution in [3.8, 4) is 5.75 Å². The first kappa shape index (κ1) is 18.4. The summed E-state index contributed by atoms with van der Waals surface area (Å²) >= 11 is 0. The van der Waals surface area contributed by atoms with E-state index in [0.29, 0.717) is 16.9 Å². The molecule has 2 aliphatic rings. The highest BCUT2D eigenvalue weighted by molar-refractivity contribution is 6.24. The molecular weight excluding hydrogens is 380 g/mol. The van der Waals surface area contributed by atoms with Crippen LogP contribution in [0.25, 0.3) is 0 Å². The molecule has 1 N–H and O–H groups in total. The predicted octanol–water partition coefficient (Wildman–Crippen LogP) is 3.75. The molecule has 0 spiro atoms. The second kappa shape index (κ2) is 7.00. The van der Waals surface area contributed by atoms with Crippen molar-refractivity contribution >= 4 is 23.2 Å². The smallest absolute Gasteiger partial charge is 0.266 e. The zero-order valence-electron chi connectivity index (χ0n) is 16.3. The highest BCUT2D eigenvalue weighted by atomic mass is 16.7. The van der Waals surface area contributed by atoms with Gasteiger partial charge in [0.15, 0.2) is 6.10 Å². The van der Waals surface area contributed by atoms with Crippen molar-refractivity contribution in [2.24, 2.45) is 5.92 Å². The number of carbonyl (C=O) groups excluding carboxylic acids is 2. The first-order valence-corrected chi connectivity index (χ1v) is 9.80. The molecule has 0 unspecified atom stereocenters. The Morgan fingerprint density at radius 2 is 1.50 bits per heavy atom. The largest absolute Gasteiger partial charge is 0.508 e. The number of anilines is 2. The van der Waals surface area contributed by atoms with E-state index in [1.807, 2.05) is 49.4 Å². The van der Waals surface area contributed by atoms with E-state index >= 15 is 0 Å². The van der Waals surface area contributed by atoms with E-state index in [9.17, 15) is 14.7 Å². The quantitative estimate of drug-likeness (QED) is 0.678. The lowest BCUT2D eigenvalue weighted by Gasteiger charge is -2.29. The van der Waals surface area contributed by atoms with E-state index in [4.69, 9.17) is 4.84 Å². The molecule has 3 aromatic carbocycles. The van der Waals surface area contributed by atoms with Gasteiger partial charge in [0, 0.05) is 5.56 Å². The summed E-state index contributed by atoms with van der Waals surface area (Å²) in [5.74, 6) is -1.43. The van der Waals surface area contributed by atoms with Crippen LogP contribution in [0.3, 0.4) is 0 Å². The Hall–Kier alpha value is -3.64. The van der Waals surface area contributed by atoms with Crippen molar-refractivity contribution in [1.29, 1.82) is 0 Å². The number of hydroxylamine groups is 1. The van der Waals surface area contributed by atoms with E-state index in [-0.39, 0.29) is 11.7 Å². The van der Waals surface area contributed by atoms with Gasteiger partial charge in [-0.15, -0.1) is 0 Å². The van der Waals surface area contributed by atoms with Crippen molar-refractivity contribution in [2.45, 2.75) is 19.1 Å². The summed E-state index contributed by atoms with van der Waals surface area (Å²) in [6.07, 6.45) is -0.957. The Kier molecular flexibility index (Phi) is 4.29. The van der Waals surface area contributed by atoms with E-state index in [0.717, 1.165) is 5.56 Å². The molecule has 0 radical (unpaired) electrons. The lowest BCUT2D eigenvalue weighted by atomic mass is 9.90. The summed E-state index contributed by atoms with van der Waals surface area (Å²) in [6.45, 7) is 1.86. The van der Waals surface area contributed by atoms with Crippen LogP contribution >= 0.6 is 0 Å². The van der Waals surface area contributed by atoms with Crippen LogP contribution in [0.4, 0.5) is 11.4 Å². The van der Waals surface area contributed by atoms with Gasteiger partial charge in [-0.3, -0.25) is 14.4 Å². The molecule has 30 heavy (non-hydrogen) atoms. The summed E-state index contributed by atoms with van der Waals surface area (Å²) in [6, 6.07) is 22.8. The number of aromatic hydroxyl groups is 1. The van der Waals surface area contributed by atoms with Gasteiger partial charge in [0.25, 0.3) is 5.91 Å². The number of hydrogen-bond acceptors (Lipinski definition) is 5. The van der Waals surface area contributed by atoms with Crippen molar-refractivity contribution in [2.75, 3.05) is 9.96 Å². The van der Waals surface area contributed by atoms with Crippen LogP contribution < -0.4 is 9.96 Å². The number of nitrogens with zero attached hydrogens (tertiary/aromatic N) is 2. The molecule has 0 saturated carbocycles. The average molecular weight is 400 g/mol. The Morgan fingerprint density at radius 3 is 2.23 bits per heavy atom. The summed E-state index contributed by atoms with van der Waals surface area (Å²) in [4.78, 5) is 34.1. The van der Waals surface area contributed by atoms with Crippen LogP contribution in [0.15, 0.2) is 78.9 Å². The lowest BCUT2D eigenvalue weighted by molar-refractivity contribution is -0.126. The van der Waals surface area contributed by atoms with Crippen molar-refractivity contribution in [3.05, 3.63) is 90.0 Å². The van der Waals surface area contributed by atoms with Gasteiger partial charge in [0.2, 0.25) is 5.91 Å². The molecule has 3 aromatic rings.